The molecule has 13 heavy (non-hydrogen) atoms. The van der Waals surface area contributed by atoms with Crippen molar-refractivity contribution < 1.29 is 9.90 Å². The van der Waals surface area contributed by atoms with Crippen LogP contribution in [0.2, 0.25) is 0 Å². The fraction of sp³-hybridized carbons (Fsp3) is 0.900. The van der Waals surface area contributed by atoms with Crippen LogP contribution in [0.15, 0.2) is 0 Å². The highest BCUT2D eigenvalue weighted by molar-refractivity contribution is 5.80. The Balaban J connectivity index is 2.14. The van der Waals surface area contributed by atoms with Crippen LogP contribution in [0.3, 0.4) is 0 Å². The second-order valence-corrected chi connectivity index (χ2v) is 4.37. The van der Waals surface area contributed by atoms with Crippen molar-refractivity contribution in [2.45, 2.75) is 38.1 Å². The molecule has 74 valence electrons. The maximum atomic E-state index is 11.3. The molecule has 0 aromatic rings. The Labute approximate surface area is 78.5 Å². The molecule has 1 saturated heterocycles. The monoisotopic (exact) mass is 183 g/mol. The van der Waals surface area contributed by atoms with Gasteiger partial charge in [0.2, 0.25) is 0 Å². The van der Waals surface area contributed by atoms with Crippen LogP contribution in [0, 0.1) is 5.41 Å². The van der Waals surface area contributed by atoms with Gasteiger partial charge in [0.05, 0.1) is 6.61 Å². The van der Waals surface area contributed by atoms with E-state index in [-0.39, 0.29) is 18.1 Å². The van der Waals surface area contributed by atoms with Crippen LogP contribution in [-0.2, 0) is 4.79 Å². The van der Waals surface area contributed by atoms with E-state index in [0.717, 1.165) is 25.8 Å². The van der Waals surface area contributed by atoms with E-state index >= 15 is 0 Å². The van der Waals surface area contributed by atoms with E-state index in [1.807, 2.05) is 0 Å². The lowest BCUT2D eigenvalue weighted by Crippen LogP contribution is -2.55. The van der Waals surface area contributed by atoms with Gasteiger partial charge < -0.3 is 10.4 Å². The third-order valence-electron chi connectivity index (χ3n) is 3.63. The number of piperidine rings is 1. The van der Waals surface area contributed by atoms with Gasteiger partial charge in [0.25, 0.3) is 0 Å². The fourth-order valence-corrected chi connectivity index (χ4v) is 2.68. The molecule has 3 nitrogen and oxygen atoms in total. The fourth-order valence-electron chi connectivity index (χ4n) is 2.68. The standard InChI is InChI=1S/C10H17NO2/c12-7-10-3-1-5-11-9(10)6-8(13)2-4-10/h9,11-12H,1-7H2. The number of rotatable bonds is 1. The first-order chi connectivity index (χ1) is 6.27. The highest BCUT2D eigenvalue weighted by atomic mass is 16.3. The van der Waals surface area contributed by atoms with Crippen LogP contribution in [0.4, 0.5) is 0 Å². The third-order valence-corrected chi connectivity index (χ3v) is 3.63. The number of carbonyl (C=O) groups excluding carboxylic acids is 1. The topological polar surface area (TPSA) is 49.3 Å². The van der Waals surface area contributed by atoms with Crippen LogP contribution < -0.4 is 5.32 Å². The Morgan fingerprint density at radius 3 is 3.15 bits per heavy atom. The minimum Gasteiger partial charge on any atom is -0.396 e. The van der Waals surface area contributed by atoms with Crippen molar-refractivity contribution >= 4 is 5.78 Å². The lowest BCUT2D eigenvalue weighted by atomic mass is 9.66. The Morgan fingerprint density at radius 1 is 1.54 bits per heavy atom. The molecule has 0 bridgehead atoms. The van der Waals surface area contributed by atoms with E-state index in [4.69, 9.17) is 0 Å². The number of ketones is 1. The summed E-state index contributed by atoms with van der Waals surface area (Å²) in [4.78, 5) is 11.3. The number of hydrogen-bond acceptors (Lipinski definition) is 3. The highest BCUT2D eigenvalue weighted by Gasteiger charge is 2.43. The normalized spacial score (nSPS) is 40.1. The zero-order chi connectivity index (χ0) is 9.31. The summed E-state index contributed by atoms with van der Waals surface area (Å²) in [5, 5.41) is 12.8. The largest absolute Gasteiger partial charge is 0.396 e. The predicted molar refractivity (Wildman–Crippen MR) is 49.4 cm³/mol. The molecule has 0 aromatic heterocycles. The van der Waals surface area contributed by atoms with Crippen LogP contribution >= 0.6 is 0 Å². The molecule has 2 rings (SSSR count). The molecule has 2 aliphatic rings. The van der Waals surface area contributed by atoms with Crippen molar-refractivity contribution in [3.05, 3.63) is 0 Å². The second-order valence-electron chi connectivity index (χ2n) is 4.37. The molecule has 2 N–H and O–H groups in total. The van der Waals surface area contributed by atoms with Gasteiger partial charge in [-0.15, -0.1) is 0 Å². The van der Waals surface area contributed by atoms with E-state index in [2.05, 4.69) is 5.32 Å². The van der Waals surface area contributed by atoms with Gasteiger partial charge in [-0.05, 0) is 25.8 Å². The van der Waals surface area contributed by atoms with Gasteiger partial charge >= 0.3 is 0 Å². The Morgan fingerprint density at radius 2 is 2.38 bits per heavy atom. The zero-order valence-electron chi connectivity index (χ0n) is 7.88. The Kier molecular flexibility index (Phi) is 2.39. The van der Waals surface area contributed by atoms with E-state index in [9.17, 15) is 9.90 Å². The summed E-state index contributed by atoms with van der Waals surface area (Å²) < 4.78 is 0. The number of aliphatic hydroxyl groups is 1. The third kappa shape index (κ3) is 1.51. The first kappa shape index (κ1) is 9.16. The zero-order valence-corrected chi connectivity index (χ0v) is 7.88. The Hall–Kier alpha value is -0.410. The molecule has 2 fully saturated rings. The van der Waals surface area contributed by atoms with E-state index in [1.54, 1.807) is 0 Å². The molecule has 3 heteroatoms. The molecule has 1 aliphatic heterocycles. The van der Waals surface area contributed by atoms with Crippen molar-refractivity contribution in [3.63, 3.8) is 0 Å². The summed E-state index contributed by atoms with van der Waals surface area (Å²) in [7, 11) is 0. The highest BCUT2D eigenvalue weighted by Crippen LogP contribution is 2.40. The van der Waals surface area contributed by atoms with Gasteiger partial charge in [0, 0.05) is 24.3 Å². The number of fused-ring (bicyclic) bond motifs is 1. The maximum Gasteiger partial charge on any atom is 0.134 e. The quantitative estimate of drug-likeness (QED) is 0.621. The van der Waals surface area contributed by atoms with Crippen molar-refractivity contribution in [3.8, 4) is 0 Å². The number of aliphatic hydroxyl groups excluding tert-OH is 1. The van der Waals surface area contributed by atoms with Crippen LogP contribution in [0.5, 0.6) is 0 Å². The van der Waals surface area contributed by atoms with Crippen LogP contribution in [-0.4, -0.2) is 30.1 Å². The molecule has 0 spiro atoms. The first-order valence-corrected chi connectivity index (χ1v) is 5.13. The minimum absolute atomic E-state index is 0.0200. The molecule has 0 radical (unpaired) electrons. The molecule has 1 aliphatic carbocycles. The van der Waals surface area contributed by atoms with Crippen molar-refractivity contribution in [1.29, 1.82) is 0 Å². The average molecular weight is 183 g/mol. The average Bonchev–Trinajstić information content (AvgIpc) is 2.18. The lowest BCUT2D eigenvalue weighted by Gasteiger charge is -2.46. The first-order valence-electron chi connectivity index (χ1n) is 5.13. The summed E-state index contributed by atoms with van der Waals surface area (Å²) in [5.41, 5.74) is 0.0200. The number of hydrogen-bond donors (Lipinski definition) is 2. The van der Waals surface area contributed by atoms with Crippen LogP contribution in [0.1, 0.15) is 32.1 Å². The number of Topliss-reactive ketones (excluding diaryl/α,β-unsaturated/α-hetero) is 1. The molecule has 2 atom stereocenters. The molecule has 2 unspecified atom stereocenters. The molecule has 1 saturated carbocycles. The smallest absolute Gasteiger partial charge is 0.134 e. The van der Waals surface area contributed by atoms with Gasteiger partial charge in [-0.3, -0.25) is 4.79 Å². The van der Waals surface area contributed by atoms with E-state index < -0.39 is 0 Å². The predicted octanol–water partition coefficient (Wildman–Crippen LogP) is 0.470. The van der Waals surface area contributed by atoms with Crippen molar-refractivity contribution in [2.24, 2.45) is 5.41 Å². The van der Waals surface area contributed by atoms with Crippen molar-refractivity contribution in [1.82, 2.24) is 5.32 Å². The minimum atomic E-state index is 0.0200. The molecule has 0 amide bonds. The van der Waals surface area contributed by atoms with Gasteiger partial charge in [-0.1, -0.05) is 0 Å². The molecular formula is C10H17NO2. The van der Waals surface area contributed by atoms with Gasteiger partial charge in [-0.25, -0.2) is 0 Å². The van der Waals surface area contributed by atoms with Gasteiger partial charge in [-0.2, -0.15) is 0 Å². The molecule has 1 heterocycles. The summed E-state index contributed by atoms with van der Waals surface area (Å²) in [6.45, 7) is 1.23. The van der Waals surface area contributed by atoms with Gasteiger partial charge in [0.1, 0.15) is 5.78 Å². The Bertz CT molecular complexity index is 217. The summed E-state index contributed by atoms with van der Waals surface area (Å²) >= 11 is 0. The summed E-state index contributed by atoms with van der Waals surface area (Å²) in [5.74, 6) is 0.350. The molecular weight excluding hydrogens is 166 g/mol. The number of carbonyl (C=O) groups is 1. The second kappa shape index (κ2) is 3.39. The van der Waals surface area contributed by atoms with Gasteiger partial charge in [0.15, 0.2) is 0 Å². The van der Waals surface area contributed by atoms with E-state index in [1.165, 1.54) is 0 Å². The summed E-state index contributed by atoms with van der Waals surface area (Å²) in [6.07, 6.45) is 4.37. The summed E-state index contributed by atoms with van der Waals surface area (Å²) in [6, 6.07) is 0.243. The van der Waals surface area contributed by atoms with Crippen molar-refractivity contribution in [2.75, 3.05) is 13.2 Å². The maximum absolute atomic E-state index is 11.3. The number of nitrogens with one attached hydrogen (secondary N) is 1. The lowest BCUT2D eigenvalue weighted by molar-refractivity contribution is -0.125. The SMILES string of the molecule is O=C1CCC2(CO)CCCNC2C1. The van der Waals surface area contributed by atoms with Crippen LogP contribution in [0.25, 0.3) is 0 Å². The van der Waals surface area contributed by atoms with E-state index in [0.29, 0.717) is 18.6 Å². The molecule has 0 aromatic carbocycles.